The number of esters is 1. The fourth-order valence-corrected chi connectivity index (χ4v) is 1.50. The maximum absolute atomic E-state index is 12.0. The third kappa shape index (κ3) is 6.08. The summed E-state index contributed by atoms with van der Waals surface area (Å²) in [6, 6.07) is -0.136. The Morgan fingerprint density at radius 3 is 2.12 bits per heavy atom. The van der Waals surface area contributed by atoms with E-state index in [0.29, 0.717) is 11.0 Å². The van der Waals surface area contributed by atoms with Crippen LogP contribution in [0.15, 0.2) is 0 Å². The number of nitrogens with zero attached hydrogens (tertiary/aromatic N) is 1. The topological polar surface area (TPSA) is 52.3 Å². The van der Waals surface area contributed by atoms with Crippen LogP contribution in [0.3, 0.4) is 0 Å². The second kappa shape index (κ2) is 5.64. The molecule has 4 heteroatoms. The van der Waals surface area contributed by atoms with Gasteiger partial charge in [-0.05, 0) is 33.7 Å². The largest absolute Gasteiger partial charge is 0.456 e. The van der Waals surface area contributed by atoms with Gasteiger partial charge in [0.1, 0.15) is 5.60 Å². The Labute approximate surface area is 99.3 Å². The van der Waals surface area contributed by atoms with E-state index in [1.54, 1.807) is 0 Å². The lowest BCUT2D eigenvalue weighted by Gasteiger charge is -2.34. The Morgan fingerprint density at radius 1 is 1.31 bits per heavy atom. The summed E-state index contributed by atoms with van der Waals surface area (Å²) < 4.78 is 6.01. The number of carbonyl (C=O) groups is 1. The maximum Gasteiger partial charge on any atom is 0.365 e. The zero-order chi connectivity index (χ0) is 13.0. The highest BCUT2D eigenvalue weighted by Crippen LogP contribution is 2.16. The Morgan fingerprint density at radius 2 is 1.81 bits per heavy atom. The highest BCUT2D eigenvalue weighted by molar-refractivity contribution is 5.74. The molecule has 0 amide bonds. The van der Waals surface area contributed by atoms with Gasteiger partial charge in [0.05, 0.1) is 21.1 Å². The van der Waals surface area contributed by atoms with Gasteiger partial charge in [-0.25, -0.2) is 4.79 Å². The van der Waals surface area contributed by atoms with Gasteiger partial charge in [-0.15, -0.1) is 0 Å². The molecule has 0 radical (unpaired) electrons. The molecule has 0 heterocycles. The average molecular weight is 231 g/mol. The van der Waals surface area contributed by atoms with Crippen molar-refractivity contribution >= 4 is 5.97 Å². The van der Waals surface area contributed by atoms with Gasteiger partial charge in [-0.3, -0.25) is 0 Å². The van der Waals surface area contributed by atoms with Crippen LogP contribution in [-0.2, 0) is 9.53 Å². The van der Waals surface area contributed by atoms with Gasteiger partial charge < -0.3 is 15.0 Å². The zero-order valence-electron chi connectivity index (χ0n) is 11.5. The molecule has 0 aliphatic heterocycles. The number of nitrogens with two attached hydrogens (primary N) is 1. The van der Waals surface area contributed by atoms with Gasteiger partial charge in [-0.1, -0.05) is 0 Å². The van der Waals surface area contributed by atoms with Gasteiger partial charge in [0.2, 0.25) is 0 Å². The van der Waals surface area contributed by atoms with Crippen LogP contribution in [0.4, 0.5) is 0 Å². The predicted molar refractivity (Wildman–Crippen MR) is 66.0 cm³/mol. The maximum atomic E-state index is 12.0. The van der Waals surface area contributed by atoms with E-state index >= 15 is 0 Å². The molecule has 0 spiro atoms. The Bertz CT molecular complexity index is 226. The first-order valence-electron chi connectivity index (χ1n) is 5.82. The Balaban J connectivity index is 4.58. The predicted octanol–water partition coefficient (Wildman–Crippen LogP) is 1.14. The summed E-state index contributed by atoms with van der Waals surface area (Å²) in [5.74, 6) is -0.131. The van der Waals surface area contributed by atoms with E-state index in [1.165, 1.54) is 0 Å². The van der Waals surface area contributed by atoms with E-state index in [-0.39, 0.29) is 12.0 Å². The van der Waals surface area contributed by atoms with Crippen molar-refractivity contribution in [3.63, 3.8) is 0 Å². The van der Waals surface area contributed by atoms with Crippen molar-refractivity contribution < 1.29 is 14.0 Å². The van der Waals surface area contributed by atoms with Gasteiger partial charge in [0, 0.05) is 6.42 Å². The first-order valence-corrected chi connectivity index (χ1v) is 5.82. The molecule has 4 nitrogen and oxygen atoms in total. The third-order valence-electron chi connectivity index (χ3n) is 2.30. The molecule has 0 rings (SSSR count). The zero-order valence-corrected chi connectivity index (χ0v) is 11.5. The number of hydrogen-bond donors (Lipinski definition) is 1. The smallest absolute Gasteiger partial charge is 0.365 e. The van der Waals surface area contributed by atoms with Crippen molar-refractivity contribution in [2.24, 2.45) is 5.73 Å². The van der Waals surface area contributed by atoms with E-state index < -0.39 is 5.60 Å². The summed E-state index contributed by atoms with van der Waals surface area (Å²) >= 11 is 0. The van der Waals surface area contributed by atoms with Crippen LogP contribution in [0.25, 0.3) is 0 Å². The Kier molecular flexibility index (Phi) is 5.42. The number of quaternary nitrogens is 1. The van der Waals surface area contributed by atoms with Crippen molar-refractivity contribution in [1.82, 2.24) is 0 Å². The summed E-state index contributed by atoms with van der Waals surface area (Å²) in [5, 5.41) is 0. The van der Waals surface area contributed by atoms with Crippen LogP contribution >= 0.6 is 0 Å². The van der Waals surface area contributed by atoms with Gasteiger partial charge in [0.15, 0.2) is 6.04 Å². The SMILES string of the molecule is CC(C)(C)OC(=O)C(CCCN)[N+](C)(C)C. The average Bonchev–Trinajstić information content (AvgIpc) is 1.98. The highest BCUT2D eigenvalue weighted by atomic mass is 16.6. The summed E-state index contributed by atoms with van der Waals surface area (Å²) in [6.45, 7) is 6.28. The number of ether oxygens (including phenoxy) is 1. The molecule has 0 bridgehead atoms. The lowest BCUT2D eigenvalue weighted by Crippen LogP contribution is -2.51. The second-order valence-corrected chi connectivity index (χ2v) is 6.10. The lowest BCUT2D eigenvalue weighted by molar-refractivity contribution is -0.887. The number of hydrogen-bond acceptors (Lipinski definition) is 3. The molecule has 0 aromatic heterocycles. The first-order chi connectivity index (χ1) is 7.08. The van der Waals surface area contributed by atoms with Gasteiger partial charge >= 0.3 is 5.97 Å². The molecular weight excluding hydrogens is 204 g/mol. The molecule has 2 N–H and O–H groups in total. The van der Waals surface area contributed by atoms with Crippen molar-refractivity contribution in [2.45, 2.75) is 45.3 Å². The first kappa shape index (κ1) is 15.4. The number of likely N-dealkylation sites (N-methyl/N-ethyl adjacent to an activating group) is 1. The summed E-state index contributed by atoms with van der Waals surface area (Å²) in [4.78, 5) is 12.0. The molecule has 0 aliphatic carbocycles. The third-order valence-corrected chi connectivity index (χ3v) is 2.30. The lowest BCUT2D eigenvalue weighted by atomic mass is 10.1. The van der Waals surface area contributed by atoms with Crippen LogP contribution in [0.5, 0.6) is 0 Å². The molecule has 0 saturated carbocycles. The molecule has 0 saturated heterocycles. The van der Waals surface area contributed by atoms with Crippen molar-refractivity contribution in [1.29, 1.82) is 0 Å². The van der Waals surface area contributed by atoms with Gasteiger partial charge in [0.25, 0.3) is 0 Å². The molecule has 0 aromatic carbocycles. The monoisotopic (exact) mass is 231 g/mol. The van der Waals surface area contributed by atoms with E-state index in [2.05, 4.69) is 0 Å². The normalized spacial score (nSPS) is 14.7. The van der Waals surface area contributed by atoms with Crippen molar-refractivity contribution in [3.05, 3.63) is 0 Å². The van der Waals surface area contributed by atoms with E-state index in [0.717, 1.165) is 12.8 Å². The quantitative estimate of drug-likeness (QED) is 0.570. The molecule has 0 aliphatic rings. The fraction of sp³-hybridized carbons (Fsp3) is 0.917. The Hall–Kier alpha value is -0.610. The molecule has 0 aromatic rings. The summed E-state index contributed by atoms with van der Waals surface area (Å²) in [5.41, 5.74) is 5.07. The molecule has 1 unspecified atom stereocenters. The van der Waals surface area contributed by atoms with Crippen LogP contribution in [0.1, 0.15) is 33.6 Å². The standard InChI is InChI=1S/C12H27N2O2/c1-12(2,3)16-11(15)10(8-7-9-13)14(4,5)6/h10H,7-9,13H2,1-6H3/q+1. The minimum absolute atomic E-state index is 0.131. The van der Waals surface area contributed by atoms with E-state index in [9.17, 15) is 4.79 Å². The van der Waals surface area contributed by atoms with Crippen LogP contribution in [-0.4, -0.2) is 49.8 Å². The number of carbonyl (C=O) groups excluding carboxylic acids is 1. The molecular formula is C12H27N2O2+. The summed E-state index contributed by atoms with van der Waals surface area (Å²) in [7, 11) is 6.02. The number of rotatable bonds is 5. The van der Waals surface area contributed by atoms with Crippen molar-refractivity contribution in [2.75, 3.05) is 27.7 Å². The van der Waals surface area contributed by atoms with Crippen LogP contribution < -0.4 is 5.73 Å². The van der Waals surface area contributed by atoms with E-state index in [1.807, 2.05) is 41.9 Å². The van der Waals surface area contributed by atoms with E-state index in [4.69, 9.17) is 10.5 Å². The van der Waals surface area contributed by atoms with Crippen LogP contribution in [0.2, 0.25) is 0 Å². The highest BCUT2D eigenvalue weighted by Gasteiger charge is 2.34. The van der Waals surface area contributed by atoms with Crippen molar-refractivity contribution in [3.8, 4) is 0 Å². The second-order valence-electron chi connectivity index (χ2n) is 6.10. The minimum atomic E-state index is -0.423. The fourth-order valence-electron chi connectivity index (χ4n) is 1.50. The molecule has 0 fully saturated rings. The molecule has 16 heavy (non-hydrogen) atoms. The molecule has 1 atom stereocenters. The molecule has 96 valence electrons. The van der Waals surface area contributed by atoms with Gasteiger partial charge in [-0.2, -0.15) is 0 Å². The summed E-state index contributed by atoms with van der Waals surface area (Å²) in [6.07, 6.45) is 1.62. The minimum Gasteiger partial charge on any atom is -0.456 e. The van der Waals surface area contributed by atoms with Crippen LogP contribution in [0, 0.1) is 0 Å².